The zero-order chi connectivity index (χ0) is 17.8. The van der Waals surface area contributed by atoms with E-state index in [0.717, 1.165) is 19.0 Å². The standard InChI is InChI=1S/C19H20F2N2O2/c1-25-18-5-3-2-4-14(18)19(24)23-17-11-22-9-8-13(17)12-6-7-15(20)16(21)10-12/h2-7,10,13,17,22H,8-9,11H2,1H3,(H,23,24). The number of hydrogen-bond acceptors (Lipinski definition) is 3. The Morgan fingerprint density at radius 3 is 2.76 bits per heavy atom. The van der Waals surface area contributed by atoms with Crippen LogP contribution in [0.3, 0.4) is 0 Å². The van der Waals surface area contributed by atoms with Gasteiger partial charge in [0.2, 0.25) is 0 Å². The van der Waals surface area contributed by atoms with Crippen LogP contribution in [0, 0.1) is 11.6 Å². The fourth-order valence-electron chi connectivity index (χ4n) is 3.23. The van der Waals surface area contributed by atoms with E-state index >= 15 is 0 Å². The van der Waals surface area contributed by atoms with E-state index < -0.39 is 11.6 Å². The van der Waals surface area contributed by atoms with Gasteiger partial charge in [0.05, 0.1) is 12.7 Å². The topological polar surface area (TPSA) is 50.4 Å². The molecule has 1 amide bonds. The van der Waals surface area contributed by atoms with Crippen LogP contribution < -0.4 is 15.4 Å². The molecule has 2 aromatic rings. The first-order valence-electron chi connectivity index (χ1n) is 8.19. The largest absolute Gasteiger partial charge is 0.496 e. The Bertz CT molecular complexity index is 767. The molecule has 1 saturated heterocycles. The van der Waals surface area contributed by atoms with Crippen molar-refractivity contribution in [1.82, 2.24) is 10.6 Å². The molecule has 3 rings (SSSR count). The van der Waals surface area contributed by atoms with Gasteiger partial charge in [-0.05, 0) is 42.8 Å². The molecule has 0 aliphatic carbocycles. The van der Waals surface area contributed by atoms with Gasteiger partial charge >= 0.3 is 0 Å². The van der Waals surface area contributed by atoms with Gasteiger partial charge in [-0.1, -0.05) is 18.2 Å². The molecule has 2 N–H and O–H groups in total. The Hall–Kier alpha value is -2.47. The molecule has 2 atom stereocenters. The maximum atomic E-state index is 13.6. The van der Waals surface area contributed by atoms with Gasteiger partial charge in [-0.3, -0.25) is 4.79 Å². The minimum Gasteiger partial charge on any atom is -0.496 e. The van der Waals surface area contributed by atoms with E-state index in [4.69, 9.17) is 4.74 Å². The van der Waals surface area contributed by atoms with E-state index in [9.17, 15) is 13.6 Å². The quantitative estimate of drug-likeness (QED) is 0.895. The monoisotopic (exact) mass is 346 g/mol. The van der Waals surface area contributed by atoms with E-state index in [1.807, 2.05) is 0 Å². The Kier molecular flexibility index (Phi) is 5.28. The van der Waals surface area contributed by atoms with Crippen LogP contribution in [0.4, 0.5) is 8.78 Å². The van der Waals surface area contributed by atoms with Crippen LogP contribution >= 0.6 is 0 Å². The summed E-state index contributed by atoms with van der Waals surface area (Å²) >= 11 is 0. The van der Waals surface area contributed by atoms with Crippen molar-refractivity contribution < 1.29 is 18.3 Å². The highest BCUT2D eigenvalue weighted by Crippen LogP contribution is 2.27. The molecule has 2 unspecified atom stereocenters. The lowest BCUT2D eigenvalue weighted by Gasteiger charge is -2.33. The first kappa shape index (κ1) is 17.4. The predicted octanol–water partition coefficient (Wildman–Crippen LogP) is 2.85. The molecule has 25 heavy (non-hydrogen) atoms. The lowest BCUT2D eigenvalue weighted by Crippen LogP contribution is -2.50. The number of methoxy groups -OCH3 is 1. The zero-order valence-corrected chi connectivity index (χ0v) is 13.9. The summed E-state index contributed by atoms with van der Waals surface area (Å²) in [5.41, 5.74) is 1.13. The highest BCUT2D eigenvalue weighted by atomic mass is 19.2. The Labute approximate surface area is 145 Å². The molecule has 1 aliphatic heterocycles. The van der Waals surface area contributed by atoms with E-state index in [1.54, 1.807) is 30.3 Å². The minimum atomic E-state index is -0.870. The van der Waals surface area contributed by atoms with Gasteiger partial charge in [0.25, 0.3) is 5.91 Å². The number of halogens is 2. The van der Waals surface area contributed by atoms with Gasteiger partial charge in [0.15, 0.2) is 11.6 Å². The second kappa shape index (κ2) is 7.61. The second-order valence-corrected chi connectivity index (χ2v) is 6.05. The van der Waals surface area contributed by atoms with Crippen molar-refractivity contribution in [3.05, 3.63) is 65.2 Å². The number of ether oxygens (including phenoxy) is 1. The molecule has 0 aromatic heterocycles. The summed E-state index contributed by atoms with van der Waals surface area (Å²) in [5, 5.41) is 6.23. The summed E-state index contributed by atoms with van der Waals surface area (Å²) in [6, 6.07) is 10.7. The summed E-state index contributed by atoms with van der Waals surface area (Å²) < 4.78 is 32.0. The Balaban J connectivity index is 1.81. The summed E-state index contributed by atoms with van der Waals surface area (Å²) in [4.78, 5) is 12.6. The molecule has 0 saturated carbocycles. The molecule has 132 valence electrons. The van der Waals surface area contributed by atoms with Crippen molar-refractivity contribution in [2.75, 3.05) is 20.2 Å². The first-order chi connectivity index (χ1) is 12.1. The third-order valence-electron chi connectivity index (χ3n) is 4.52. The number of carbonyl (C=O) groups is 1. The highest BCUT2D eigenvalue weighted by molar-refractivity contribution is 5.97. The van der Waals surface area contributed by atoms with Gasteiger partial charge in [-0.2, -0.15) is 0 Å². The van der Waals surface area contributed by atoms with Crippen LogP contribution in [0.5, 0.6) is 5.75 Å². The maximum absolute atomic E-state index is 13.6. The van der Waals surface area contributed by atoms with E-state index in [-0.39, 0.29) is 17.9 Å². The van der Waals surface area contributed by atoms with Crippen molar-refractivity contribution in [1.29, 1.82) is 0 Å². The van der Waals surface area contributed by atoms with Crippen LogP contribution in [-0.4, -0.2) is 32.1 Å². The molecule has 1 heterocycles. The third-order valence-corrected chi connectivity index (χ3v) is 4.52. The number of hydrogen-bond donors (Lipinski definition) is 2. The summed E-state index contributed by atoms with van der Waals surface area (Å²) in [7, 11) is 1.51. The lowest BCUT2D eigenvalue weighted by atomic mass is 9.85. The number of carbonyl (C=O) groups excluding carboxylic acids is 1. The van der Waals surface area contributed by atoms with Crippen molar-refractivity contribution in [3.8, 4) is 5.75 Å². The Morgan fingerprint density at radius 2 is 2.00 bits per heavy atom. The minimum absolute atomic E-state index is 0.0880. The zero-order valence-electron chi connectivity index (χ0n) is 13.9. The summed E-state index contributed by atoms with van der Waals surface area (Å²) in [6.45, 7) is 1.31. The average molecular weight is 346 g/mol. The number of piperidine rings is 1. The van der Waals surface area contributed by atoms with Crippen LogP contribution in [0.1, 0.15) is 28.3 Å². The van der Waals surface area contributed by atoms with Crippen LogP contribution in [0.15, 0.2) is 42.5 Å². The molecule has 0 bridgehead atoms. The van der Waals surface area contributed by atoms with Gasteiger partial charge in [0.1, 0.15) is 5.75 Å². The smallest absolute Gasteiger partial charge is 0.255 e. The number of amides is 1. The summed E-state index contributed by atoms with van der Waals surface area (Å²) in [6.07, 6.45) is 0.724. The SMILES string of the molecule is COc1ccccc1C(=O)NC1CNCCC1c1ccc(F)c(F)c1. The van der Waals surface area contributed by atoms with Crippen LogP contribution in [0.25, 0.3) is 0 Å². The lowest BCUT2D eigenvalue weighted by molar-refractivity contribution is 0.0921. The van der Waals surface area contributed by atoms with Crippen molar-refractivity contribution in [3.63, 3.8) is 0 Å². The van der Waals surface area contributed by atoms with Gasteiger partial charge in [-0.15, -0.1) is 0 Å². The second-order valence-electron chi connectivity index (χ2n) is 6.05. The third kappa shape index (κ3) is 3.79. The fourth-order valence-corrected chi connectivity index (χ4v) is 3.23. The molecular weight excluding hydrogens is 326 g/mol. The van der Waals surface area contributed by atoms with E-state index in [1.165, 1.54) is 13.2 Å². The first-order valence-corrected chi connectivity index (χ1v) is 8.19. The highest BCUT2D eigenvalue weighted by Gasteiger charge is 2.29. The van der Waals surface area contributed by atoms with E-state index in [0.29, 0.717) is 23.4 Å². The molecular formula is C19H20F2N2O2. The molecule has 4 nitrogen and oxygen atoms in total. The van der Waals surface area contributed by atoms with Crippen molar-refractivity contribution >= 4 is 5.91 Å². The van der Waals surface area contributed by atoms with Gasteiger partial charge in [0, 0.05) is 18.5 Å². The average Bonchev–Trinajstić information content (AvgIpc) is 2.64. The maximum Gasteiger partial charge on any atom is 0.255 e. The molecule has 1 fully saturated rings. The number of rotatable bonds is 4. The van der Waals surface area contributed by atoms with Gasteiger partial charge in [-0.25, -0.2) is 8.78 Å². The Morgan fingerprint density at radius 1 is 1.20 bits per heavy atom. The van der Waals surface area contributed by atoms with E-state index in [2.05, 4.69) is 10.6 Å². The van der Waals surface area contributed by atoms with Crippen LogP contribution in [-0.2, 0) is 0 Å². The molecule has 2 aromatic carbocycles. The van der Waals surface area contributed by atoms with Crippen molar-refractivity contribution in [2.24, 2.45) is 0 Å². The fraction of sp³-hybridized carbons (Fsp3) is 0.316. The number of benzene rings is 2. The molecule has 0 spiro atoms. The normalized spacial score (nSPS) is 20.1. The number of para-hydroxylation sites is 1. The predicted molar refractivity (Wildman–Crippen MR) is 90.8 cm³/mol. The van der Waals surface area contributed by atoms with Gasteiger partial charge < -0.3 is 15.4 Å². The molecule has 1 aliphatic rings. The molecule has 6 heteroatoms. The van der Waals surface area contributed by atoms with Crippen molar-refractivity contribution in [2.45, 2.75) is 18.4 Å². The molecule has 0 radical (unpaired) electrons. The van der Waals surface area contributed by atoms with Crippen LogP contribution in [0.2, 0.25) is 0 Å². The summed E-state index contributed by atoms with van der Waals surface area (Å²) in [5.74, 6) is -1.58. The number of nitrogens with one attached hydrogen (secondary N) is 2.